The number of alkyl halides is 1. The number of hydrogen-bond donors (Lipinski definition) is 2. The van der Waals surface area contributed by atoms with Gasteiger partial charge in [0.1, 0.15) is 23.8 Å². The summed E-state index contributed by atoms with van der Waals surface area (Å²) in [6.07, 6.45) is 2.36. The lowest BCUT2D eigenvalue weighted by Crippen LogP contribution is -2.43. The molecule has 0 amide bonds. The van der Waals surface area contributed by atoms with Crippen molar-refractivity contribution in [2.24, 2.45) is 9.98 Å². The predicted molar refractivity (Wildman–Crippen MR) is 122 cm³/mol. The molecule has 11 heteroatoms. The Morgan fingerprint density at radius 2 is 2.17 bits per heavy atom. The number of aromatic nitrogens is 2. The number of imidazole rings is 1. The number of rotatable bonds is 5. The van der Waals surface area contributed by atoms with Crippen molar-refractivity contribution in [2.45, 2.75) is 69.3 Å². The van der Waals surface area contributed by atoms with Crippen molar-refractivity contribution in [3.63, 3.8) is 0 Å². The molecule has 0 bridgehead atoms. The van der Waals surface area contributed by atoms with E-state index in [1.807, 2.05) is 23.6 Å². The molecule has 30 heavy (non-hydrogen) atoms. The number of ether oxygens (including phenoxy) is 1. The molecule has 1 saturated heterocycles. The molecule has 1 fully saturated rings. The Hall–Kier alpha value is -1.46. The van der Waals surface area contributed by atoms with Gasteiger partial charge < -0.3 is 24.5 Å². The highest BCUT2D eigenvalue weighted by Crippen LogP contribution is 2.40. The van der Waals surface area contributed by atoms with E-state index in [1.165, 1.54) is 0 Å². The summed E-state index contributed by atoms with van der Waals surface area (Å²) in [5.74, 6) is 1.08. The maximum atomic E-state index is 10.6. The summed E-state index contributed by atoms with van der Waals surface area (Å²) in [6.45, 7) is 11.3. The predicted octanol–water partition coefficient (Wildman–Crippen LogP) is 3.16. The molecule has 2 aliphatic rings. The highest BCUT2D eigenvalue weighted by atomic mass is 35.5. The maximum absolute atomic E-state index is 10.6. The van der Waals surface area contributed by atoms with Crippen LogP contribution in [0.15, 0.2) is 16.3 Å². The van der Waals surface area contributed by atoms with Crippen molar-refractivity contribution < 1.29 is 14.3 Å². The Labute approximate surface area is 184 Å². The van der Waals surface area contributed by atoms with Gasteiger partial charge in [-0.15, -0.1) is 0 Å². The zero-order chi connectivity index (χ0) is 22.3. The molecule has 4 unspecified atom stereocenters. The van der Waals surface area contributed by atoms with Crippen LogP contribution in [0.4, 0.5) is 5.82 Å². The van der Waals surface area contributed by atoms with Gasteiger partial charge in [-0.05, 0) is 18.1 Å². The molecule has 168 valence electrons. The fourth-order valence-electron chi connectivity index (χ4n) is 2.98. The number of aliphatic imine (C=N–C) groups is 2. The molecule has 0 aliphatic carbocycles. The molecule has 1 aromatic heterocycles. The summed E-state index contributed by atoms with van der Waals surface area (Å²) in [5.41, 5.74) is -0.0274. The molecule has 2 N–H and O–H groups in total. The van der Waals surface area contributed by atoms with E-state index in [9.17, 15) is 5.11 Å². The van der Waals surface area contributed by atoms with E-state index < -0.39 is 26.0 Å². The second-order valence-corrected chi connectivity index (χ2v) is 14.7. The first-order chi connectivity index (χ1) is 13.9. The summed E-state index contributed by atoms with van der Waals surface area (Å²) >= 11 is 6.38. The number of nitrogens with zero attached hydrogens (tertiary/aromatic N) is 5. The Kier molecular flexibility index (Phi) is 6.64. The SMILES string of the molecule is CN(C)C=NC1=NC(Cl)c2ncn(C3CC(O)C(CO[Si](C)(C)C(C)(C)C)O3)c2N1. The third kappa shape index (κ3) is 4.88. The number of hydrogen-bond acceptors (Lipinski definition) is 7. The Morgan fingerprint density at radius 1 is 1.47 bits per heavy atom. The van der Waals surface area contributed by atoms with Gasteiger partial charge in [0.05, 0.1) is 25.4 Å². The van der Waals surface area contributed by atoms with Crippen molar-refractivity contribution in [3.05, 3.63) is 12.0 Å². The van der Waals surface area contributed by atoms with Crippen LogP contribution in [0.5, 0.6) is 0 Å². The Balaban J connectivity index is 1.71. The molecule has 3 rings (SSSR count). The van der Waals surface area contributed by atoms with Crippen molar-refractivity contribution in [2.75, 3.05) is 26.0 Å². The van der Waals surface area contributed by atoms with E-state index in [4.69, 9.17) is 20.8 Å². The number of nitrogens with one attached hydrogen (secondary N) is 1. The van der Waals surface area contributed by atoms with E-state index in [-0.39, 0.29) is 11.3 Å². The monoisotopic (exact) mass is 456 g/mol. The van der Waals surface area contributed by atoms with Crippen LogP contribution in [0.25, 0.3) is 0 Å². The van der Waals surface area contributed by atoms with Gasteiger partial charge in [0.15, 0.2) is 13.8 Å². The topological polar surface area (TPSA) is 96.5 Å². The van der Waals surface area contributed by atoms with E-state index in [0.29, 0.717) is 30.5 Å². The minimum Gasteiger partial charge on any atom is -0.414 e. The van der Waals surface area contributed by atoms with Crippen LogP contribution in [-0.2, 0) is 9.16 Å². The summed E-state index contributed by atoms with van der Waals surface area (Å²) in [7, 11) is 1.82. The molecule has 2 aliphatic heterocycles. The van der Waals surface area contributed by atoms with Gasteiger partial charge in [0.2, 0.25) is 5.96 Å². The largest absolute Gasteiger partial charge is 0.414 e. The number of anilines is 1. The maximum Gasteiger partial charge on any atom is 0.226 e. The van der Waals surface area contributed by atoms with Gasteiger partial charge in [-0.1, -0.05) is 32.4 Å². The number of aliphatic hydroxyl groups is 1. The summed E-state index contributed by atoms with van der Waals surface area (Å²) in [4.78, 5) is 14.8. The first kappa shape index (κ1) is 23.2. The van der Waals surface area contributed by atoms with E-state index in [1.54, 1.807) is 12.7 Å². The second-order valence-electron chi connectivity index (χ2n) is 9.51. The molecule has 1 aromatic rings. The molecule has 0 saturated carbocycles. The van der Waals surface area contributed by atoms with Gasteiger partial charge in [-0.3, -0.25) is 4.57 Å². The molecule has 0 aromatic carbocycles. The van der Waals surface area contributed by atoms with Crippen LogP contribution in [0.1, 0.15) is 44.6 Å². The highest BCUT2D eigenvalue weighted by Gasteiger charge is 2.41. The first-order valence-corrected chi connectivity index (χ1v) is 13.5. The lowest BCUT2D eigenvalue weighted by Gasteiger charge is -2.37. The lowest BCUT2D eigenvalue weighted by atomic mass is 10.2. The minimum absolute atomic E-state index is 0.0987. The summed E-state index contributed by atoms with van der Waals surface area (Å²) < 4.78 is 14.3. The summed E-state index contributed by atoms with van der Waals surface area (Å²) in [5, 5.41) is 13.9. The van der Waals surface area contributed by atoms with E-state index >= 15 is 0 Å². The number of guanidine groups is 1. The Morgan fingerprint density at radius 3 is 2.80 bits per heavy atom. The van der Waals surface area contributed by atoms with Gasteiger partial charge in [0, 0.05) is 20.5 Å². The third-order valence-corrected chi connectivity index (χ3v) is 10.7. The fraction of sp³-hybridized carbons (Fsp3) is 0.737. The van der Waals surface area contributed by atoms with Gasteiger partial charge in [-0.25, -0.2) is 15.0 Å². The minimum atomic E-state index is -1.93. The Bertz CT molecular complexity index is 820. The van der Waals surface area contributed by atoms with Crippen LogP contribution in [0.2, 0.25) is 18.1 Å². The lowest BCUT2D eigenvalue weighted by molar-refractivity contribution is -0.0410. The van der Waals surface area contributed by atoms with Crippen molar-refractivity contribution in [1.82, 2.24) is 14.5 Å². The van der Waals surface area contributed by atoms with Crippen LogP contribution in [0, 0.1) is 0 Å². The standard InChI is InChI=1S/C19H33ClN6O3Si/c1-19(2,3)30(6,7)28-9-13-12(27)8-14(29-13)26-11-21-15-16(20)23-18(24-17(15)26)22-10-25(4)5/h10-14,16,27H,8-9H2,1-7H3,(H,23,24). The first-order valence-electron chi connectivity index (χ1n) is 10.1. The van der Waals surface area contributed by atoms with Crippen molar-refractivity contribution in [3.8, 4) is 0 Å². The molecule has 3 heterocycles. The van der Waals surface area contributed by atoms with Gasteiger partial charge >= 0.3 is 0 Å². The van der Waals surface area contributed by atoms with Crippen molar-refractivity contribution >= 4 is 38.0 Å². The third-order valence-electron chi connectivity index (χ3n) is 5.85. The van der Waals surface area contributed by atoms with Gasteiger partial charge in [0.25, 0.3) is 0 Å². The van der Waals surface area contributed by atoms with E-state index in [0.717, 1.165) is 0 Å². The zero-order valence-electron chi connectivity index (χ0n) is 18.8. The fourth-order valence-corrected chi connectivity index (χ4v) is 4.25. The average Bonchev–Trinajstić information content (AvgIpc) is 3.21. The van der Waals surface area contributed by atoms with E-state index in [2.05, 4.69) is 54.2 Å². The number of halogens is 1. The number of aliphatic hydroxyl groups excluding tert-OH is 1. The van der Waals surface area contributed by atoms with Gasteiger partial charge in [-0.2, -0.15) is 0 Å². The molecule has 0 radical (unpaired) electrons. The van der Waals surface area contributed by atoms with Crippen LogP contribution in [-0.4, -0.2) is 73.1 Å². The smallest absolute Gasteiger partial charge is 0.226 e. The molecule has 4 atom stereocenters. The normalized spacial score (nSPS) is 27.2. The van der Waals surface area contributed by atoms with Crippen LogP contribution < -0.4 is 5.32 Å². The van der Waals surface area contributed by atoms with Crippen LogP contribution in [0.3, 0.4) is 0 Å². The van der Waals surface area contributed by atoms with Crippen LogP contribution >= 0.6 is 11.6 Å². The second kappa shape index (κ2) is 8.58. The molecular weight excluding hydrogens is 424 g/mol. The molecular formula is C19H33ClN6O3Si. The highest BCUT2D eigenvalue weighted by molar-refractivity contribution is 6.74. The summed E-state index contributed by atoms with van der Waals surface area (Å²) in [6, 6.07) is 0. The van der Waals surface area contributed by atoms with Crippen molar-refractivity contribution in [1.29, 1.82) is 0 Å². The quantitative estimate of drug-likeness (QED) is 0.232. The average molecular weight is 457 g/mol. The molecule has 9 nitrogen and oxygen atoms in total. The number of fused-ring (bicyclic) bond motifs is 1. The molecule has 0 spiro atoms. The zero-order valence-corrected chi connectivity index (χ0v) is 20.5.